The van der Waals surface area contributed by atoms with E-state index in [0.29, 0.717) is 22.1 Å². The lowest BCUT2D eigenvalue weighted by Gasteiger charge is -2.08. The Labute approximate surface area is 157 Å². The van der Waals surface area contributed by atoms with E-state index in [1.54, 1.807) is 37.3 Å². The van der Waals surface area contributed by atoms with Gasteiger partial charge in [0.05, 0.1) is 5.71 Å². The van der Waals surface area contributed by atoms with E-state index in [-0.39, 0.29) is 18.4 Å². The lowest BCUT2D eigenvalue weighted by molar-refractivity contribution is -0.120. The number of rotatable bonds is 6. The molecule has 0 radical (unpaired) electrons. The van der Waals surface area contributed by atoms with Crippen LogP contribution in [0.4, 0.5) is 11.4 Å². The third-order valence-corrected chi connectivity index (χ3v) is 3.72. The van der Waals surface area contributed by atoms with E-state index >= 15 is 0 Å². The van der Waals surface area contributed by atoms with Crippen LogP contribution in [0.5, 0.6) is 0 Å². The van der Waals surface area contributed by atoms with Gasteiger partial charge in [0.1, 0.15) is 0 Å². The second-order valence-corrected chi connectivity index (χ2v) is 6.15. The van der Waals surface area contributed by atoms with Gasteiger partial charge in [-0.15, -0.1) is 0 Å². The number of oxime groups is 1. The number of benzene rings is 2. The summed E-state index contributed by atoms with van der Waals surface area (Å²) in [6, 6.07) is 12.4. The van der Waals surface area contributed by atoms with E-state index in [0.717, 1.165) is 11.1 Å². The van der Waals surface area contributed by atoms with Crippen LogP contribution in [0.1, 0.15) is 25.0 Å². The van der Waals surface area contributed by atoms with Crippen LogP contribution in [0.15, 0.2) is 47.6 Å². The van der Waals surface area contributed by atoms with Gasteiger partial charge < -0.3 is 15.5 Å². The van der Waals surface area contributed by atoms with Gasteiger partial charge in [0.2, 0.25) is 5.91 Å². The molecule has 136 valence electrons. The molecule has 2 amide bonds. The van der Waals surface area contributed by atoms with Gasteiger partial charge in [-0.05, 0) is 55.3 Å². The number of anilines is 2. The van der Waals surface area contributed by atoms with Crippen LogP contribution in [0.3, 0.4) is 0 Å². The summed E-state index contributed by atoms with van der Waals surface area (Å²) in [6.07, 6.45) is 0. The van der Waals surface area contributed by atoms with Crippen molar-refractivity contribution in [1.29, 1.82) is 0 Å². The van der Waals surface area contributed by atoms with Crippen LogP contribution in [0.25, 0.3) is 0 Å². The van der Waals surface area contributed by atoms with Crippen molar-refractivity contribution < 1.29 is 14.4 Å². The molecule has 6 nitrogen and oxygen atoms in total. The number of nitrogens with zero attached hydrogens (tertiary/aromatic N) is 1. The molecule has 0 aliphatic rings. The minimum atomic E-state index is -0.312. The zero-order valence-electron chi connectivity index (χ0n) is 14.8. The van der Waals surface area contributed by atoms with Gasteiger partial charge in [-0.25, -0.2) is 0 Å². The fourth-order valence-electron chi connectivity index (χ4n) is 2.19. The van der Waals surface area contributed by atoms with Crippen LogP contribution >= 0.6 is 11.6 Å². The maximum absolute atomic E-state index is 11.9. The Morgan fingerprint density at radius 2 is 1.77 bits per heavy atom. The predicted octanol–water partition coefficient (Wildman–Crippen LogP) is 3.99. The maximum atomic E-state index is 11.9. The Bertz CT molecular complexity index is 832. The fourth-order valence-corrected chi connectivity index (χ4v) is 2.42. The predicted molar refractivity (Wildman–Crippen MR) is 104 cm³/mol. The smallest absolute Gasteiger partial charge is 0.265 e. The van der Waals surface area contributed by atoms with Crippen molar-refractivity contribution in [3.05, 3.63) is 58.6 Å². The SMILES string of the molecule is CC(=O)Nc1ccc(/C(C)=N/OCC(=O)Nc2ccc(Cl)cc2C)cc1. The Hall–Kier alpha value is -2.86. The van der Waals surface area contributed by atoms with E-state index in [1.807, 2.05) is 19.1 Å². The van der Waals surface area contributed by atoms with E-state index in [2.05, 4.69) is 15.8 Å². The van der Waals surface area contributed by atoms with Crippen LogP contribution in [-0.2, 0) is 14.4 Å². The number of carbonyl (C=O) groups excluding carboxylic acids is 2. The molecule has 2 rings (SSSR count). The average Bonchev–Trinajstić information content (AvgIpc) is 2.57. The van der Waals surface area contributed by atoms with Gasteiger partial charge in [0.25, 0.3) is 5.91 Å². The molecule has 0 spiro atoms. The van der Waals surface area contributed by atoms with Crippen molar-refractivity contribution in [2.75, 3.05) is 17.2 Å². The van der Waals surface area contributed by atoms with Gasteiger partial charge in [-0.1, -0.05) is 28.9 Å². The number of hydrogen-bond donors (Lipinski definition) is 2. The summed E-state index contributed by atoms with van der Waals surface area (Å²) in [6.45, 7) is 4.87. The minimum absolute atomic E-state index is 0.131. The summed E-state index contributed by atoms with van der Waals surface area (Å²) < 4.78 is 0. The topological polar surface area (TPSA) is 79.8 Å². The molecule has 2 aromatic carbocycles. The van der Waals surface area contributed by atoms with E-state index in [1.165, 1.54) is 6.92 Å². The molecule has 0 saturated carbocycles. The first-order valence-corrected chi connectivity index (χ1v) is 8.33. The molecule has 0 aliphatic heterocycles. The Morgan fingerprint density at radius 3 is 2.38 bits per heavy atom. The first kappa shape index (κ1) is 19.5. The van der Waals surface area contributed by atoms with E-state index in [9.17, 15) is 9.59 Å². The molecule has 0 heterocycles. The minimum Gasteiger partial charge on any atom is -0.385 e. The second kappa shape index (κ2) is 9.01. The lowest BCUT2D eigenvalue weighted by atomic mass is 10.1. The zero-order valence-corrected chi connectivity index (χ0v) is 15.6. The number of carbonyl (C=O) groups is 2. The van der Waals surface area contributed by atoms with Crippen LogP contribution < -0.4 is 10.6 Å². The Morgan fingerprint density at radius 1 is 1.08 bits per heavy atom. The van der Waals surface area contributed by atoms with E-state index < -0.39 is 0 Å². The van der Waals surface area contributed by atoms with Crippen LogP contribution in [0.2, 0.25) is 5.02 Å². The third-order valence-electron chi connectivity index (χ3n) is 3.48. The van der Waals surface area contributed by atoms with Crippen molar-refractivity contribution in [2.24, 2.45) is 5.16 Å². The number of nitrogens with one attached hydrogen (secondary N) is 2. The first-order valence-electron chi connectivity index (χ1n) is 7.96. The molecular weight excluding hydrogens is 354 g/mol. The van der Waals surface area contributed by atoms with Crippen LogP contribution in [-0.4, -0.2) is 24.1 Å². The van der Waals surface area contributed by atoms with Gasteiger partial charge >= 0.3 is 0 Å². The Balaban J connectivity index is 1.88. The summed E-state index contributed by atoms with van der Waals surface area (Å²) in [5.74, 6) is -0.443. The number of hydrogen-bond acceptors (Lipinski definition) is 4. The summed E-state index contributed by atoms with van der Waals surface area (Å²) >= 11 is 5.89. The highest BCUT2D eigenvalue weighted by molar-refractivity contribution is 6.30. The van der Waals surface area contributed by atoms with Crippen molar-refractivity contribution in [3.63, 3.8) is 0 Å². The summed E-state index contributed by atoms with van der Waals surface area (Å²) in [5.41, 5.74) is 3.69. The molecule has 26 heavy (non-hydrogen) atoms. The highest BCUT2D eigenvalue weighted by Gasteiger charge is 2.06. The monoisotopic (exact) mass is 373 g/mol. The summed E-state index contributed by atoms with van der Waals surface area (Å²) in [4.78, 5) is 28.1. The van der Waals surface area contributed by atoms with Crippen molar-refractivity contribution >= 4 is 40.5 Å². The zero-order chi connectivity index (χ0) is 19.1. The molecule has 2 aromatic rings. The third kappa shape index (κ3) is 5.89. The number of aryl methyl sites for hydroxylation is 1. The maximum Gasteiger partial charge on any atom is 0.265 e. The van der Waals surface area contributed by atoms with Gasteiger partial charge in [0, 0.05) is 23.3 Å². The Kier molecular flexibility index (Phi) is 6.74. The largest absolute Gasteiger partial charge is 0.385 e. The molecule has 0 unspecified atom stereocenters. The molecule has 0 aliphatic carbocycles. The summed E-state index contributed by atoms with van der Waals surface area (Å²) in [7, 11) is 0. The quantitative estimate of drug-likeness (QED) is 0.593. The van der Waals surface area contributed by atoms with Crippen LogP contribution in [0, 0.1) is 6.92 Å². The standard InChI is InChI=1S/C19H20ClN3O3/c1-12-10-16(20)6-9-18(12)22-19(25)11-26-23-13(2)15-4-7-17(8-5-15)21-14(3)24/h4-10H,11H2,1-3H3,(H,21,24)(H,22,25)/b23-13+. The molecule has 0 aromatic heterocycles. The van der Waals surface area contributed by atoms with Gasteiger partial charge in [-0.3, -0.25) is 9.59 Å². The highest BCUT2D eigenvalue weighted by Crippen LogP contribution is 2.19. The molecule has 0 atom stereocenters. The number of halogens is 1. The molecule has 0 bridgehead atoms. The van der Waals surface area contributed by atoms with Crippen molar-refractivity contribution in [2.45, 2.75) is 20.8 Å². The molecule has 7 heteroatoms. The lowest BCUT2D eigenvalue weighted by Crippen LogP contribution is -2.18. The normalized spacial score (nSPS) is 11.0. The second-order valence-electron chi connectivity index (χ2n) is 5.72. The van der Waals surface area contributed by atoms with Crippen molar-refractivity contribution in [1.82, 2.24) is 0 Å². The van der Waals surface area contributed by atoms with Crippen molar-refractivity contribution in [3.8, 4) is 0 Å². The molecule has 0 fully saturated rings. The average molecular weight is 374 g/mol. The summed E-state index contributed by atoms with van der Waals surface area (Å²) in [5, 5.41) is 10.00. The first-order chi connectivity index (χ1) is 12.3. The number of amides is 2. The van der Waals surface area contributed by atoms with Gasteiger partial charge in [0.15, 0.2) is 6.61 Å². The molecular formula is C19H20ClN3O3. The molecule has 0 saturated heterocycles. The fraction of sp³-hybridized carbons (Fsp3) is 0.211. The highest BCUT2D eigenvalue weighted by atomic mass is 35.5. The van der Waals surface area contributed by atoms with E-state index in [4.69, 9.17) is 16.4 Å². The van der Waals surface area contributed by atoms with Gasteiger partial charge in [-0.2, -0.15) is 0 Å². The molecule has 2 N–H and O–H groups in total.